The molecule has 1 saturated heterocycles. The molecule has 0 bridgehead atoms. The van der Waals surface area contributed by atoms with Crippen LogP contribution < -0.4 is 5.32 Å². The molecule has 0 spiro atoms. The van der Waals surface area contributed by atoms with Gasteiger partial charge < -0.3 is 10.2 Å². The van der Waals surface area contributed by atoms with Crippen molar-refractivity contribution in [2.24, 2.45) is 0 Å². The Morgan fingerprint density at radius 2 is 1.96 bits per heavy atom. The van der Waals surface area contributed by atoms with E-state index in [4.69, 9.17) is 0 Å². The number of nitrogens with one attached hydrogen (secondary N) is 1. The minimum Gasteiger partial charge on any atom is -0.348 e. The van der Waals surface area contributed by atoms with Crippen molar-refractivity contribution in [2.45, 2.75) is 19.0 Å². The van der Waals surface area contributed by atoms with Crippen LogP contribution in [0.2, 0.25) is 0 Å². The van der Waals surface area contributed by atoms with Crippen LogP contribution in [0.5, 0.6) is 0 Å². The highest BCUT2D eigenvalue weighted by atomic mass is 32.1. The second-order valence-electron chi connectivity index (χ2n) is 6.57. The molecule has 1 fully saturated rings. The van der Waals surface area contributed by atoms with E-state index in [1.54, 1.807) is 23.5 Å². The Hall–Kier alpha value is -1.76. The summed E-state index contributed by atoms with van der Waals surface area (Å²) >= 11 is 1.71. The zero-order valence-corrected chi connectivity index (χ0v) is 15.4. The topological polar surface area (TPSA) is 35.6 Å². The van der Waals surface area contributed by atoms with Gasteiger partial charge in [0.05, 0.1) is 6.04 Å². The maximum atomic E-state index is 13.4. The molecule has 4 nitrogen and oxygen atoms in total. The lowest BCUT2D eigenvalue weighted by atomic mass is 10.0. The lowest BCUT2D eigenvalue weighted by Crippen LogP contribution is -2.51. The van der Waals surface area contributed by atoms with E-state index in [1.165, 1.54) is 17.0 Å². The molecule has 2 atom stereocenters. The van der Waals surface area contributed by atoms with Crippen LogP contribution in [0.1, 0.15) is 28.2 Å². The summed E-state index contributed by atoms with van der Waals surface area (Å²) in [5.74, 6) is -0.628. The van der Waals surface area contributed by atoms with E-state index in [0.717, 1.165) is 26.2 Å². The standard InChI is InChI=1S/C19H24FN3OS/c1-14(21-19(24)15-5-3-6-16(20)13-15)18(17-7-4-12-25-17)23-10-8-22(2)9-11-23/h3-7,12-14,18H,8-11H2,1-2H3,(H,21,24)/t14-,18-/m0/s1. The maximum Gasteiger partial charge on any atom is 0.251 e. The highest BCUT2D eigenvalue weighted by Gasteiger charge is 2.30. The third kappa shape index (κ3) is 4.45. The Morgan fingerprint density at radius 3 is 2.60 bits per heavy atom. The number of piperazine rings is 1. The predicted octanol–water partition coefficient (Wildman–Crippen LogP) is 2.99. The number of thiophene rings is 1. The molecule has 0 unspecified atom stereocenters. The van der Waals surface area contributed by atoms with Gasteiger partial charge in [0.2, 0.25) is 0 Å². The van der Waals surface area contributed by atoms with Crippen molar-refractivity contribution >= 4 is 17.2 Å². The zero-order valence-electron chi connectivity index (χ0n) is 14.6. The van der Waals surface area contributed by atoms with Crippen LogP contribution >= 0.6 is 11.3 Å². The highest BCUT2D eigenvalue weighted by Crippen LogP contribution is 2.29. The van der Waals surface area contributed by atoms with Crippen LogP contribution in [0.3, 0.4) is 0 Å². The van der Waals surface area contributed by atoms with Crippen molar-refractivity contribution in [1.29, 1.82) is 0 Å². The first kappa shape index (κ1) is 18.0. The normalized spacial score (nSPS) is 18.7. The fraction of sp³-hybridized carbons (Fsp3) is 0.421. The van der Waals surface area contributed by atoms with E-state index in [-0.39, 0.29) is 18.0 Å². The number of rotatable bonds is 5. The molecule has 2 heterocycles. The SMILES string of the molecule is C[C@H](NC(=O)c1cccc(F)c1)[C@@H](c1cccs1)N1CCN(C)CC1. The fourth-order valence-electron chi connectivity index (χ4n) is 3.30. The quantitative estimate of drug-likeness (QED) is 0.889. The van der Waals surface area contributed by atoms with Crippen LogP contribution in [0.4, 0.5) is 4.39 Å². The first-order chi connectivity index (χ1) is 12.0. The average molecular weight is 361 g/mol. The molecule has 25 heavy (non-hydrogen) atoms. The number of halogens is 1. The Labute approximate surface area is 152 Å². The van der Waals surface area contributed by atoms with Crippen LogP contribution in [0, 0.1) is 5.82 Å². The van der Waals surface area contributed by atoms with Gasteiger partial charge >= 0.3 is 0 Å². The molecule has 0 radical (unpaired) electrons. The summed E-state index contributed by atoms with van der Waals surface area (Å²) in [6, 6.07) is 10.1. The summed E-state index contributed by atoms with van der Waals surface area (Å²) in [6.45, 7) is 6.01. The molecule has 1 aromatic heterocycles. The molecule has 0 saturated carbocycles. The molecular weight excluding hydrogens is 337 g/mol. The second-order valence-corrected chi connectivity index (χ2v) is 7.55. The van der Waals surface area contributed by atoms with E-state index < -0.39 is 5.82 Å². The lowest BCUT2D eigenvalue weighted by Gasteiger charge is -2.40. The van der Waals surface area contributed by atoms with E-state index in [1.807, 2.05) is 13.0 Å². The van der Waals surface area contributed by atoms with Crippen molar-refractivity contribution in [3.8, 4) is 0 Å². The summed E-state index contributed by atoms with van der Waals surface area (Å²) in [5.41, 5.74) is 0.357. The van der Waals surface area contributed by atoms with Crippen LogP contribution in [0.25, 0.3) is 0 Å². The van der Waals surface area contributed by atoms with Crippen molar-refractivity contribution in [2.75, 3.05) is 33.2 Å². The molecule has 1 N–H and O–H groups in total. The summed E-state index contributed by atoms with van der Waals surface area (Å²) in [4.78, 5) is 18.5. The Bertz CT molecular complexity index is 698. The van der Waals surface area contributed by atoms with Crippen molar-refractivity contribution in [3.05, 3.63) is 58.0 Å². The third-order valence-corrected chi connectivity index (χ3v) is 5.63. The Morgan fingerprint density at radius 1 is 1.20 bits per heavy atom. The van der Waals surface area contributed by atoms with Crippen molar-refractivity contribution in [1.82, 2.24) is 15.1 Å². The van der Waals surface area contributed by atoms with Gasteiger partial charge in [0.15, 0.2) is 0 Å². The van der Waals surface area contributed by atoms with Gasteiger partial charge in [-0.2, -0.15) is 0 Å². The van der Waals surface area contributed by atoms with Crippen LogP contribution in [0.15, 0.2) is 41.8 Å². The zero-order chi connectivity index (χ0) is 17.8. The Balaban J connectivity index is 1.75. The molecule has 1 aliphatic heterocycles. The molecule has 1 amide bonds. The number of likely N-dealkylation sites (N-methyl/N-ethyl adjacent to an activating group) is 1. The van der Waals surface area contributed by atoms with Crippen LogP contribution in [-0.2, 0) is 0 Å². The van der Waals surface area contributed by atoms with Gasteiger partial charge in [-0.05, 0) is 43.6 Å². The fourth-order valence-corrected chi connectivity index (χ4v) is 4.27. The monoisotopic (exact) mass is 361 g/mol. The molecule has 1 aromatic carbocycles. The van der Waals surface area contributed by atoms with Gasteiger partial charge in [-0.15, -0.1) is 11.3 Å². The molecule has 6 heteroatoms. The number of amides is 1. The van der Waals surface area contributed by atoms with E-state index in [2.05, 4.69) is 33.6 Å². The summed E-state index contributed by atoms with van der Waals surface area (Å²) in [6.07, 6.45) is 0. The number of nitrogens with zero attached hydrogens (tertiary/aromatic N) is 2. The van der Waals surface area contributed by atoms with Crippen LogP contribution in [-0.4, -0.2) is 55.0 Å². The van der Waals surface area contributed by atoms with E-state index >= 15 is 0 Å². The molecule has 2 aromatic rings. The highest BCUT2D eigenvalue weighted by molar-refractivity contribution is 7.10. The second kappa shape index (κ2) is 8.08. The number of hydrogen-bond donors (Lipinski definition) is 1. The molecule has 0 aliphatic carbocycles. The minimum atomic E-state index is -0.394. The van der Waals surface area contributed by atoms with E-state index in [9.17, 15) is 9.18 Å². The molecular formula is C19H24FN3OS. The summed E-state index contributed by atoms with van der Waals surface area (Å²) in [5, 5.41) is 5.14. The molecule has 3 rings (SSSR count). The maximum absolute atomic E-state index is 13.4. The summed E-state index contributed by atoms with van der Waals surface area (Å²) in [7, 11) is 2.13. The van der Waals surface area contributed by atoms with Gasteiger partial charge in [0, 0.05) is 42.7 Å². The van der Waals surface area contributed by atoms with E-state index in [0.29, 0.717) is 5.56 Å². The smallest absolute Gasteiger partial charge is 0.251 e. The first-order valence-electron chi connectivity index (χ1n) is 8.57. The first-order valence-corrected chi connectivity index (χ1v) is 9.45. The van der Waals surface area contributed by atoms with Crippen molar-refractivity contribution in [3.63, 3.8) is 0 Å². The van der Waals surface area contributed by atoms with Gasteiger partial charge in [-0.3, -0.25) is 9.69 Å². The summed E-state index contributed by atoms with van der Waals surface area (Å²) < 4.78 is 13.4. The van der Waals surface area contributed by atoms with Gasteiger partial charge in [-0.25, -0.2) is 4.39 Å². The Kier molecular flexibility index (Phi) is 5.83. The molecule has 134 valence electrons. The van der Waals surface area contributed by atoms with Gasteiger partial charge in [0.1, 0.15) is 5.82 Å². The van der Waals surface area contributed by atoms with Gasteiger partial charge in [-0.1, -0.05) is 12.1 Å². The van der Waals surface area contributed by atoms with Crippen molar-refractivity contribution < 1.29 is 9.18 Å². The number of hydrogen-bond acceptors (Lipinski definition) is 4. The average Bonchev–Trinajstić information content (AvgIpc) is 3.11. The van der Waals surface area contributed by atoms with Gasteiger partial charge in [0.25, 0.3) is 5.91 Å². The largest absolute Gasteiger partial charge is 0.348 e. The minimum absolute atomic E-state index is 0.0715. The third-order valence-electron chi connectivity index (χ3n) is 4.69. The molecule has 1 aliphatic rings. The number of benzene rings is 1. The number of carbonyl (C=O) groups excluding carboxylic acids is 1. The lowest BCUT2D eigenvalue weighted by molar-refractivity contribution is 0.0799. The number of carbonyl (C=O) groups is 1. The predicted molar refractivity (Wildman–Crippen MR) is 99.5 cm³/mol.